The lowest BCUT2D eigenvalue weighted by Crippen LogP contribution is -2.33. The van der Waals surface area contributed by atoms with Gasteiger partial charge in [-0.05, 0) is 12.1 Å². The molecule has 19 heavy (non-hydrogen) atoms. The predicted molar refractivity (Wildman–Crippen MR) is 58.7 cm³/mol. The molecule has 1 aliphatic heterocycles. The van der Waals surface area contributed by atoms with Gasteiger partial charge in [-0.25, -0.2) is 0 Å². The highest BCUT2D eigenvalue weighted by Gasteiger charge is 2.35. The van der Waals surface area contributed by atoms with Gasteiger partial charge in [0.1, 0.15) is 6.61 Å². The number of carbonyl (C=O) groups is 2. The second-order valence-electron chi connectivity index (χ2n) is 3.98. The lowest BCUT2D eigenvalue weighted by atomic mass is 10.1. The number of halogens is 3. The average molecular weight is 273 g/mol. The number of ether oxygens (including phenoxy) is 1. The fourth-order valence-electron chi connectivity index (χ4n) is 1.79. The first-order valence-electron chi connectivity index (χ1n) is 5.50. The third kappa shape index (κ3) is 2.93. The van der Waals surface area contributed by atoms with Crippen LogP contribution in [0.1, 0.15) is 20.7 Å². The highest BCUT2D eigenvalue weighted by atomic mass is 19.4. The number of benzene rings is 1. The fourth-order valence-corrected chi connectivity index (χ4v) is 1.79. The molecule has 0 N–H and O–H groups in total. The van der Waals surface area contributed by atoms with Crippen molar-refractivity contribution in [3.05, 3.63) is 35.4 Å². The largest absolute Gasteiger partial charge is 0.411 e. The summed E-state index contributed by atoms with van der Waals surface area (Å²) in [4.78, 5) is 24.5. The molecule has 1 heterocycles. The molecule has 0 radical (unpaired) electrons. The van der Waals surface area contributed by atoms with E-state index in [0.29, 0.717) is 0 Å². The molecule has 0 bridgehead atoms. The Balaban J connectivity index is 1.94. The van der Waals surface area contributed by atoms with Crippen LogP contribution < -0.4 is 0 Å². The third-order valence-corrected chi connectivity index (χ3v) is 2.60. The van der Waals surface area contributed by atoms with Crippen molar-refractivity contribution in [2.24, 2.45) is 0 Å². The summed E-state index contributed by atoms with van der Waals surface area (Å²) >= 11 is 0. The maximum Gasteiger partial charge on any atom is 0.411 e. The first kappa shape index (κ1) is 13.5. The minimum atomic E-state index is -4.41. The van der Waals surface area contributed by atoms with Gasteiger partial charge in [-0.15, -0.1) is 0 Å². The molecule has 0 fully saturated rings. The number of imide groups is 1. The number of hydrogen-bond acceptors (Lipinski definition) is 3. The van der Waals surface area contributed by atoms with Gasteiger partial charge in [-0.1, -0.05) is 12.1 Å². The SMILES string of the molecule is O=C1c2ccccc2C(=O)N1CCOCC(F)(F)F. The Hall–Kier alpha value is -1.89. The van der Waals surface area contributed by atoms with Crippen LogP contribution in [-0.4, -0.2) is 42.6 Å². The molecule has 0 spiro atoms. The predicted octanol–water partition coefficient (Wildman–Crippen LogP) is 1.86. The van der Waals surface area contributed by atoms with E-state index in [9.17, 15) is 22.8 Å². The van der Waals surface area contributed by atoms with Gasteiger partial charge in [0.15, 0.2) is 0 Å². The molecule has 0 unspecified atom stereocenters. The zero-order valence-electron chi connectivity index (χ0n) is 9.74. The minimum Gasteiger partial charge on any atom is -0.370 e. The van der Waals surface area contributed by atoms with Gasteiger partial charge in [0.25, 0.3) is 11.8 Å². The van der Waals surface area contributed by atoms with Gasteiger partial charge >= 0.3 is 6.18 Å². The summed E-state index contributed by atoms with van der Waals surface area (Å²) in [6.07, 6.45) is -4.41. The second-order valence-corrected chi connectivity index (χ2v) is 3.98. The normalized spacial score (nSPS) is 15.0. The van der Waals surface area contributed by atoms with Crippen molar-refractivity contribution in [3.8, 4) is 0 Å². The molecule has 0 aromatic heterocycles. The zero-order valence-corrected chi connectivity index (χ0v) is 9.74. The monoisotopic (exact) mass is 273 g/mol. The van der Waals surface area contributed by atoms with Crippen LogP contribution in [0.15, 0.2) is 24.3 Å². The molecule has 7 heteroatoms. The number of hydrogen-bond donors (Lipinski definition) is 0. The third-order valence-electron chi connectivity index (χ3n) is 2.60. The van der Waals surface area contributed by atoms with E-state index in [0.717, 1.165) is 4.90 Å². The van der Waals surface area contributed by atoms with E-state index in [1.807, 2.05) is 0 Å². The number of alkyl halides is 3. The molecular formula is C12H10F3NO3. The Labute approximate surface area is 106 Å². The Kier molecular flexibility index (Phi) is 3.57. The van der Waals surface area contributed by atoms with Crippen LogP contribution in [0.5, 0.6) is 0 Å². The molecule has 0 aliphatic carbocycles. The van der Waals surface area contributed by atoms with E-state index in [2.05, 4.69) is 4.74 Å². The summed E-state index contributed by atoms with van der Waals surface area (Å²) < 4.78 is 39.9. The van der Waals surface area contributed by atoms with Crippen LogP contribution in [-0.2, 0) is 4.74 Å². The first-order chi connectivity index (χ1) is 8.90. The van der Waals surface area contributed by atoms with Gasteiger partial charge in [0, 0.05) is 0 Å². The summed E-state index contributed by atoms with van der Waals surface area (Å²) in [6, 6.07) is 6.25. The van der Waals surface area contributed by atoms with Crippen molar-refractivity contribution >= 4 is 11.8 Å². The second kappa shape index (κ2) is 5.00. The Morgan fingerprint density at radius 2 is 1.58 bits per heavy atom. The van der Waals surface area contributed by atoms with Gasteiger partial charge in [0.05, 0.1) is 24.3 Å². The zero-order chi connectivity index (χ0) is 14.0. The van der Waals surface area contributed by atoms with Gasteiger partial charge in [0.2, 0.25) is 0 Å². The highest BCUT2D eigenvalue weighted by molar-refractivity contribution is 6.21. The number of carbonyl (C=O) groups excluding carboxylic acids is 2. The first-order valence-corrected chi connectivity index (χ1v) is 5.50. The van der Waals surface area contributed by atoms with Crippen LogP contribution in [0, 0.1) is 0 Å². The Morgan fingerprint density at radius 1 is 1.05 bits per heavy atom. The van der Waals surface area contributed by atoms with Crippen LogP contribution >= 0.6 is 0 Å². The topological polar surface area (TPSA) is 46.6 Å². The number of fused-ring (bicyclic) bond motifs is 1. The minimum absolute atomic E-state index is 0.192. The molecule has 2 amide bonds. The smallest absolute Gasteiger partial charge is 0.370 e. The van der Waals surface area contributed by atoms with Crippen molar-refractivity contribution in [2.75, 3.05) is 19.8 Å². The van der Waals surface area contributed by atoms with E-state index in [4.69, 9.17) is 0 Å². The van der Waals surface area contributed by atoms with E-state index >= 15 is 0 Å². The molecule has 1 aliphatic rings. The van der Waals surface area contributed by atoms with E-state index < -0.39 is 24.6 Å². The van der Waals surface area contributed by atoms with Crippen molar-refractivity contribution < 1.29 is 27.5 Å². The molecular weight excluding hydrogens is 263 g/mol. The lowest BCUT2D eigenvalue weighted by Gasteiger charge is -2.14. The van der Waals surface area contributed by atoms with E-state index in [-0.39, 0.29) is 24.3 Å². The number of amides is 2. The van der Waals surface area contributed by atoms with Crippen LogP contribution in [0.25, 0.3) is 0 Å². The van der Waals surface area contributed by atoms with Crippen LogP contribution in [0.4, 0.5) is 13.2 Å². The van der Waals surface area contributed by atoms with Crippen LogP contribution in [0.3, 0.4) is 0 Å². The number of nitrogens with zero attached hydrogens (tertiary/aromatic N) is 1. The lowest BCUT2D eigenvalue weighted by molar-refractivity contribution is -0.173. The van der Waals surface area contributed by atoms with Crippen LogP contribution in [0.2, 0.25) is 0 Å². The molecule has 2 rings (SSSR count). The van der Waals surface area contributed by atoms with Gasteiger partial charge < -0.3 is 4.74 Å². The van der Waals surface area contributed by atoms with Crippen molar-refractivity contribution in [1.29, 1.82) is 0 Å². The fraction of sp³-hybridized carbons (Fsp3) is 0.333. The summed E-state index contributed by atoms with van der Waals surface area (Å²) in [7, 11) is 0. The molecule has 1 aromatic rings. The highest BCUT2D eigenvalue weighted by Crippen LogP contribution is 2.22. The standard InChI is InChI=1S/C12H10F3NO3/c13-12(14,15)7-19-6-5-16-10(17)8-3-1-2-4-9(8)11(16)18/h1-4H,5-7H2. The van der Waals surface area contributed by atoms with E-state index in [1.54, 1.807) is 12.1 Å². The van der Waals surface area contributed by atoms with Gasteiger partial charge in [-0.3, -0.25) is 14.5 Å². The summed E-state index contributed by atoms with van der Waals surface area (Å²) in [5.41, 5.74) is 0.534. The number of rotatable bonds is 4. The summed E-state index contributed by atoms with van der Waals surface area (Å²) in [5.74, 6) is -1.01. The Bertz CT molecular complexity index is 478. The van der Waals surface area contributed by atoms with Gasteiger partial charge in [-0.2, -0.15) is 13.2 Å². The van der Waals surface area contributed by atoms with Crippen molar-refractivity contribution in [1.82, 2.24) is 4.90 Å². The maximum absolute atomic E-state index is 11.9. The quantitative estimate of drug-likeness (QED) is 0.621. The molecule has 0 saturated heterocycles. The molecule has 0 atom stereocenters. The molecule has 0 saturated carbocycles. The maximum atomic E-state index is 11.9. The molecule has 1 aromatic carbocycles. The molecule has 4 nitrogen and oxygen atoms in total. The average Bonchev–Trinajstić information content (AvgIpc) is 2.58. The van der Waals surface area contributed by atoms with Crippen molar-refractivity contribution in [2.45, 2.75) is 6.18 Å². The van der Waals surface area contributed by atoms with Crippen molar-refractivity contribution in [3.63, 3.8) is 0 Å². The van der Waals surface area contributed by atoms with E-state index in [1.165, 1.54) is 12.1 Å². The molecule has 102 valence electrons. The summed E-state index contributed by atoms with van der Waals surface area (Å²) in [5, 5.41) is 0. The Morgan fingerprint density at radius 3 is 2.05 bits per heavy atom. The summed E-state index contributed by atoms with van der Waals surface area (Å²) in [6.45, 7) is -1.93.